The fraction of sp³-hybridized carbons (Fsp3) is 0.353. The number of carbonyl (C=O) groups is 1. The first-order chi connectivity index (χ1) is 10.8. The number of nitrogens with one attached hydrogen (secondary N) is 1. The molecule has 1 aromatic carbocycles. The van der Waals surface area contributed by atoms with Gasteiger partial charge in [0.15, 0.2) is 5.82 Å². The maximum Gasteiger partial charge on any atom is 0.241 e. The van der Waals surface area contributed by atoms with E-state index in [1.165, 1.54) is 11.1 Å². The second-order valence-corrected chi connectivity index (χ2v) is 5.82. The molecule has 1 N–H and O–H groups in total. The number of fused-ring (bicyclic) bond motifs is 3. The van der Waals surface area contributed by atoms with Crippen LogP contribution in [-0.4, -0.2) is 27.4 Å². The highest BCUT2D eigenvalue weighted by atomic mass is 16.2. The van der Waals surface area contributed by atoms with Crippen LogP contribution in [0.25, 0.3) is 11.3 Å². The number of nitrogens with zero attached hydrogens (tertiary/aromatic N) is 3. The van der Waals surface area contributed by atoms with Crippen molar-refractivity contribution < 1.29 is 4.79 Å². The van der Waals surface area contributed by atoms with Crippen LogP contribution in [0.1, 0.15) is 30.4 Å². The topological polar surface area (TPSA) is 58.1 Å². The monoisotopic (exact) mass is 294 g/mol. The minimum absolute atomic E-state index is 0.140. The lowest BCUT2D eigenvalue weighted by Gasteiger charge is -2.20. The van der Waals surface area contributed by atoms with E-state index in [-0.39, 0.29) is 5.91 Å². The molecule has 1 aliphatic heterocycles. The molecule has 22 heavy (non-hydrogen) atoms. The summed E-state index contributed by atoms with van der Waals surface area (Å²) in [6, 6.07) is 8.42. The molecule has 2 aromatic rings. The van der Waals surface area contributed by atoms with E-state index in [9.17, 15) is 4.79 Å². The standard InChI is InChI=1S/C17H18N4O/c22-15-9-4-10-21(15)20-17-14-8-3-6-12-5-1-2-7-13(12)16(14)18-11-19-17/h1-2,5,7,11H,3-4,6,8-10H2,(H,18,19,20). The van der Waals surface area contributed by atoms with Crippen LogP contribution < -0.4 is 5.43 Å². The Hall–Kier alpha value is -2.43. The van der Waals surface area contributed by atoms with Crippen LogP contribution in [0.4, 0.5) is 5.82 Å². The third kappa shape index (κ3) is 2.22. The largest absolute Gasteiger partial charge is 0.279 e. The molecule has 4 rings (SSSR count). The van der Waals surface area contributed by atoms with Gasteiger partial charge in [-0.15, -0.1) is 0 Å². The van der Waals surface area contributed by atoms with Gasteiger partial charge in [-0.25, -0.2) is 9.97 Å². The summed E-state index contributed by atoms with van der Waals surface area (Å²) in [6.45, 7) is 0.744. The molecule has 2 heterocycles. The number of carbonyl (C=O) groups excluding carboxylic acids is 1. The van der Waals surface area contributed by atoms with Gasteiger partial charge in [0.2, 0.25) is 5.91 Å². The average molecular weight is 294 g/mol. The fourth-order valence-corrected chi connectivity index (χ4v) is 3.30. The van der Waals surface area contributed by atoms with Crippen molar-refractivity contribution in [2.24, 2.45) is 0 Å². The van der Waals surface area contributed by atoms with Crippen LogP contribution >= 0.6 is 0 Å². The zero-order valence-corrected chi connectivity index (χ0v) is 12.4. The Morgan fingerprint density at radius 1 is 1.05 bits per heavy atom. The Morgan fingerprint density at radius 3 is 2.82 bits per heavy atom. The number of benzene rings is 1. The van der Waals surface area contributed by atoms with E-state index in [0.29, 0.717) is 6.42 Å². The van der Waals surface area contributed by atoms with E-state index in [4.69, 9.17) is 0 Å². The van der Waals surface area contributed by atoms with Crippen LogP contribution in [0, 0.1) is 0 Å². The minimum atomic E-state index is 0.140. The van der Waals surface area contributed by atoms with Gasteiger partial charge in [0.05, 0.1) is 5.69 Å². The average Bonchev–Trinajstić information content (AvgIpc) is 2.84. The summed E-state index contributed by atoms with van der Waals surface area (Å²) in [5, 5.41) is 1.68. The number of hydrogen-bond donors (Lipinski definition) is 1. The van der Waals surface area contributed by atoms with Crippen molar-refractivity contribution in [1.82, 2.24) is 15.0 Å². The van der Waals surface area contributed by atoms with Gasteiger partial charge < -0.3 is 0 Å². The Balaban J connectivity index is 1.76. The lowest BCUT2D eigenvalue weighted by atomic mass is 10.0. The molecule has 1 amide bonds. The molecule has 0 unspecified atom stereocenters. The van der Waals surface area contributed by atoms with Crippen LogP contribution in [0.5, 0.6) is 0 Å². The van der Waals surface area contributed by atoms with Crippen molar-refractivity contribution in [3.8, 4) is 11.3 Å². The van der Waals surface area contributed by atoms with E-state index in [1.807, 2.05) is 6.07 Å². The summed E-state index contributed by atoms with van der Waals surface area (Å²) < 4.78 is 0. The van der Waals surface area contributed by atoms with Crippen molar-refractivity contribution in [2.45, 2.75) is 32.1 Å². The summed E-state index contributed by atoms with van der Waals surface area (Å²) in [6.07, 6.45) is 6.15. The zero-order chi connectivity index (χ0) is 14.9. The highest BCUT2D eigenvalue weighted by Crippen LogP contribution is 2.33. The van der Waals surface area contributed by atoms with E-state index < -0.39 is 0 Å². The smallest absolute Gasteiger partial charge is 0.241 e. The van der Waals surface area contributed by atoms with Crippen molar-refractivity contribution >= 4 is 11.7 Å². The maximum absolute atomic E-state index is 11.8. The quantitative estimate of drug-likeness (QED) is 0.925. The normalized spacial score (nSPS) is 16.9. The Kier molecular flexibility index (Phi) is 3.25. The molecule has 2 aliphatic rings. The highest BCUT2D eigenvalue weighted by Gasteiger charge is 2.24. The van der Waals surface area contributed by atoms with Gasteiger partial charge in [-0.1, -0.05) is 24.3 Å². The molecule has 0 spiro atoms. The summed E-state index contributed by atoms with van der Waals surface area (Å²) in [5.74, 6) is 0.915. The van der Waals surface area contributed by atoms with Crippen LogP contribution in [0.3, 0.4) is 0 Å². The van der Waals surface area contributed by atoms with Crippen LogP contribution in [0.15, 0.2) is 30.6 Å². The van der Waals surface area contributed by atoms with Gasteiger partial charge in [0, 0.05) is 24.1 Å². The molecule has 0 atom stereocenters. The van der Waals surface area contributed by atoms with E-state index in [2.05, 4.69) is 33.6 Å². The van der Waals surface area contributed by atoms with E-state index >= 15 is 0 Å². The van der Waals surface area contributed by atoms with Gasteiger partial charge in [-0.3, -0.25) is 15.2 Å². The van der Waals surface area contributed by atoms with Crippen molar-refractivity contribution in [1.29, 1.82) is 0 Å². The highest BCUT2D eigenvalue weighted by molar-refractivity contribution is 5.80. The summed E-state index contributed by atoms with van der Waals surface area (Å²) in [7, 11) is 0. The number of rotatable bonds is 2. The summed E-state index contributed by atoms with van der Waals surface area (Å²) in [5.41, 5.74) is 7.85. The number of anilines is 1. The first-order valence-electron chi connectivity index (χ1n) is 7.82. The SMILES string of the molecule is O=C1CCCN1Nc1ncnc2c1CCCc1ccccc1-2. The molecule has 1 aliphatic carbocycles. The molecule has 112 valence electrons. The van der Waals surface area contributed by atoms with Gasteiger partial charge in [0.25, 0.3) is 0 Å². The Bertz CT molecular complexity index is 728. The first kappa shape index (κ1) is 13.2. The number of amides is 1. The van der Waals surface area contributed by atoms with Gasteiger partial charge in [0.1, 0.15) is 6.33 Å². The van der Waals surface area contributed by atoms with Gasteiger partial charge in [-0.2, -0.15) is 0 Å². The second-order valence-electron chi connectivity index (χ2n) is 5.82. The summed E-state index contributed by atoms with van der Waals surface area (Å²) >= 11 is 0. The second kappa shape index (κ2) is 5.40. The van der Waals surface area contributed by atoms with Crippen LogP contribution in [0.2, 0.25) is 0 Å². The number of hydrogen-bond acceptors (Lipinski definition) is 4. The molecule has 5 nitrogen and oxygen atoms in total. The summed E-state index contributed by atoms with van der Waals surface area (Å²) in [4.78, 5) is 20.7. The van der Waals surface area contributed by atoms with E-state index in [1.54, 1.807) is 11.3 Å². The van der Waals surface area contributed by atoms with Gasteiger partial charge in [-0.05, 0) is 31.2 Å². The molecule has 0 bridgehead atoms. The molecule has 5 heteroatoms. The zero-order valence-electron chi connectivity index (χ0n) is 12.4. The molecular weight excluding hydrogens is 276 g/mol. The fourth-order valence-electron chi connectivity index (χ4n) is 3.30. The molecule has 1 saturated heterocycles. The van der Waals surface area contributed by atoms with Crippen molar-refractivity contribution in [3.63, 3.8) is 0 Å². The lowest BCUT2D eigenvalue weighted by molar-refractivity contribution is -0.126. The third-order valence-corrected chi connectivity index (χ3v) is 4.41. The van der Waals surface area contributed by atoms with Gasteiger partial charge >= 0.3 is 0 Å². The predicted octanol–water partition coefficient (Wildman–Crippen LogP) is 2.58. The minimum Gasteiger partial charge on any atom is -0.279 e. The molecule has 0 saturated carbocycles. The van der Waals surface area contributed by atoms with Crippen molar-refractivity contribution in [3.05, 3.63) is 41.7 Å². The first-order valence-corrected chi connectivity index (χ1v) is 7.82. The maximum atomic E-state index is 11.8. The number of aromatic nitrogens is 2. The van der Waals surface area contributed by atoms with Crippen molar-refractivity contribution in [2.75, 3.05) is 12.0 Å². The van der Waals surface area contributed by atoms with E-state index in [0.717, 1.165) is 49.3 Å². The Labute approximate surface area is 129 Å². The molecule has 1 fully saturated rings. The third-order valence-electron chi connectivity index (χ3n) is 4.41. The molecule has 0 radical (unpaired) electrons. The molecule has 1 aromatic heterocycles. The predicted molar refractivity (Wildman–Crippen MR) is 84.1 cm³/mol. The van der Waals surface area contributed by atoms with Crippen LogP contribution in [-0.2, 0) is 17.6 Å². The lowest BCUT2D eigenvalue weighted by Crippen LogP contribution is -2.31. The number of aryl methyl sites for hydroxylation is 1. The molecular formula is C17H18N4O. The Morgan fingerprint density at radius 2 is 1.95 bits per heavy atom. The number of hydrazine groups is 1.